The molecule has 0 spiro atoms. The quantitative estimate of drug-likeness (QED) is 0.0578. The first-order valence-corrected chi connectivity index (χ1v) is 13.9. The van der Waals surface area contributed by atoms with Crippen molar-refractivity contribution in [2.45, 2.75) is 50.7 Å². The molecule has 0 radical (unpaired) electrons. The zero-order valence-electron chi connectivity index (χ0n) is 24.5. The highest BCUT2D eigenvalue weighted by Crippen LogP contribution is 2.13. The molecule has 4 atom stereocenters. The molecule has 0 bridgehead atoms. The number of nitrogens with one attached hydrogen (secondary N) is 3. The molecule has 0 heterocycles. The summed E-state index contributed by atoms with van der Waals surface area (Å²) in [6.45, 7) is 1.47. The Morgan fingerprint density at radius 1 is 0.795 bits per heavy atom. The standard InChI is InChI=1S/C29H41N9O6/c1-17(27(43)44)16-35-24(40)22(14-18-6-3-2-4-7-18)37-25(41)21(8-5-13-34-28(30)31)36-26(42)23(38-29(32)33)15-19-9-11-20(39)12-10-19/h2-4,6-7,9-12,17,21-23,39H,5,8,13-16H2,1H3,(H,35,40)(H,36,42)(H,37,41)(H,43,44)(H4,30,31,34)(H4,32,33,38)/t17?,21-,22+,23+/m1/s1. The number of guanidine groups is 2. The van der Waals surface area contributed by atoms with Gasteiger partial charge in [0.1, 0.15) is 23.9 Å². The second kappa shape index (κ2) is 17.6. The highest BCUT2D eigenvalue weighted by atomic mass is 16.4. The molecule has 0 saturated heterocycles. The van der Waals surface area contributed by atoms with Crippen molar-refractivity contribution >= 4 is 35.6 Å². The Labute approximate surface area is 255 Å². The highest BCUT2D eigenvalue weighted by Gasteiger charge is 2.29. The minimum Gasteiger partial charge on any atom is -0.508 e. The van der Waals surface area contributed by atoms with Crippen LogP contribution in [0.2, 0.25) is 0 Å². The summed E-state index contributed by atoms with van der Waals surface area (Å²) in [5.41, 5.74) is 23.4. The Morgan fingerprint density at radius 3 is 2.00 bits per heavy atom. The van der Waals surface area contributed by atoms with Crippen molar-refractivity contribution in [1.82, 2.24) is 16.0 Å². The Morgan fingerprint density at radius 2 is 1.41 bits per heavy atom. The number of phenols is 1. The van der Waals surface area contributed by atoms with Gasteiger partial charge >= 0.3 is 5.97 Å². The second-order valence-electron chi connectivity index (χ2n) is 10.2. The number of carboxylic acids is 1. The fourth-order valence-corrected chi connectivity index (χ4v) is 4.07. The molecule has 44 heavy (non-hydrogen) atoms. The van der Waals surface area contributed by atoms with E-state index < -0.39 is 47.7 Å². The molecule has 0 aliphatic rings. The predicted octanol–water partition coefficient (Wildman–Crippen LogP) is -1.32. The predicted molar refractivity (Wildman–Crippen MR) is 165 cm³/mol. The van der Waals surface area contributed by atoms with Crippen LogP contribution in [-0.2, 0) is 32.0 Å². The van der Waals surface area contributed by atoms with Gasteiger partial charge in [0.25, 0.3) is 0 Å². The second-order valence-corrected chi connectivity index (χ2v) is 10.2. The number of aliphatic imine (C=N–C) groups is 2. The summed E-state index contributed by atoms with van der Waals surface area (Å²) in [4.78, 5) is 59.3. The molecule has 1 unspecified atom stereocenters. The Hall–Kier alpha value is -5.34. The molecule has 15 nitrogen and oxygen atoms in total. The highest BCUT2D eigenvalue weighted by molar-refractivity contribution is 5.94. The van der Waals surface area contributed by atoms with Crippen LogP contribution in [0.15, 0.2) is 64.6 Å². The molecule has 0 fully saturated rings. The third kappa shape index (κ3) is 12.7. The summed E-state index contributed by atoms with van der Waals surface area (Å²) in [5.74, 6) is -4.28. The van der Waals surface area contributed by atoms with E-state index >= 15 is 0 Å². The normalized spacial score (nSPS) is 13.3. The van der Waals surface area contributed by atoms with Crippen molar-refractivity contribution in [3.8, 4) is 5.75 Å². The number of nitrogens with two attached hydrogens (primary N) is 4. The summed E-state index contributed by atoms with van der Waals surface area (Å²) < 4.78 is 0. The van der Waals surface area contributed by atoms with Crippen LogP contribution in [0, 0.1) is 5.92 Å². The van der Waals surface area contributed by atoms with Crippen LogP contribution in [0.3, 0.4) is 0 Å². The van der Waals surface area contributed by atoms with Gasteiger partial charge < -0.3 is 49.1 Å². The maximum atomic E-state index is 13.6. The van der Waals surface area contributed by atoms with Gasteiger partial charge in [-0.1, -0.05) is 49.4 Å². The van der Waals surface area contributed by atoms with Gasteiger partial charge in [-0.05, 0) is 36.1 Å². The molecule has 2 aromatic rings. The van der Waals surface area contributed by atoms with Gasteiger partial charge in [-0.2, -0.15) is 0 Å². The zero-order valence-corrected chi connectivity index (χ0v) is 24.5. The van der Waals surface area contributed by atoms with Crippen molar-refractivity contribution in [2.75, 3.05) is 13.1 Å². The number of hydrogen-bond acceptors (Lipinski definition) is 7. The molecular weight excluding hydrogens is 570 g/mol. The van der Waals surface area contributed by atoms with E-state index in [9.17, 15) is 29.4 Å². The van der Waals surface area contributed by atoms with Crippen molar-refractivity contribution < 1.29 is 29.4 Å². The Balaban J connectivity index is 2.29. The number of nitrogens with zero attached hydrogens (tertiary/aromatic N) is 2. The molecule has 2 aromatic carbocycles. The first-order valence-electron chi connectivity index (χ1n) is 13.9. The molecule has 238 valence electrons. The van der Waals surface area contributed by atoms with Crippen LogP contribution in [0.25, 0.3) is 0 Å². The van der Waals surface area contributed by atoms with E-state index in [-0.39, 0.29) is 50.0 Å². The first kappa shape index (κ1) is 34.9. The lowest BCUT2D eigenvalue weighted by molar-refractivity contribution is -0.141. The number of benzene rings is 2. The summed E-state index contributed by atoms with van der Waals surface area (Å²) >= 11 is 0. The van der Waals surface area contributed by atoms with Crippen molar-refractivity contribution in [2.24, 2.45) is 38.8 Å². The minimum absolute atomic E-state index is 0.0422. The van der Waals surface area contributed by atoms with Gasteiger partial charge in [0, 0.05) is 25.9 Å². The Kier molecular flexibility index (Phi) is 13.9. The topological polar surface area (TPSA) is 274 Å². The van der Waals surface area contributed by atoms with E-state index in [4.69, 9.17) is 22.9 Å². The van der Waals surface area contributed by atoms with E-state index in [1.807, 2.05) is 0 Å². The molecule has 13 N–H and O–H groups in total. The van der Waals surface area contributed by atoms with Crippen molar-refractivity contribution in [1.29, 1.82) is 0 Å². The fraction of sp³-hybridized carbons (Fsp3) is 0.379. The molecule has 0 aliphatic heterocycles. The van der Waals surface area contributed by atoms with E-state index in [2.05, 4.69) is 25.9 Å². The summed E-state index contributed by atoms with van der Waals surface area (Å²) in [6, 6.07) is 11.7. The van der Waals surface area contributed by atoms with Gasteiger partial charge in [0.15, 0.2) is 11.9 Å². The van der Waals surface area contributed by atoms with Gasteiger partial charge in [-0.15, -0.1) is 0 Å². The number of phenolic OH excluding ortho intramolecular Hbond substituents is 1. The molecule has 3 amide bonds. The number of carbonyl (C=O) groups is 4. The number of rotatable bonds is 17. The SMILES string of the molecule is CC(CNC(=O)[C@H](Cc1ccccc1)NC(=O)[C@@H](CCCN=C(N)N)NC(=O)[C@H](Cc1ccc(O)cc1)N=C(N)N)C(=O)O. The molecule has 0 aromatic heterocycles. The lowest BCUT2D eigenvalue weighted by atomic mass is 10.0. The van der Waals surface area contributed by atoms with Gasteiger partial charge in [0.2, 0.25) is 17.7 Å². The van der Waals surface area contributed by atoms with Crippen LogP contribution in [0.4, 0.5) is 0 Å². The summed E-state index contributed by atoms with van der Waals surface area (Å²) in [7, 11) is 0. The van der Waals surface area contributed by atoms with Crippen LogP contribution in [0.5, 0.6) is 5.75 Å². The smallest absolute Gasteiger partial charge is 0.308 e. The van der Waals surface area contributed by atoms with E-state index in [1.165, 1.54) is 19.1 Å². The first-order chi connectivity index (χ1) is 20.8. The molecule has 15 heteroatoms. The largest absolute Gasteiger partial charge is 0.508 e. The number of aliphatic carboxylic acids is 1. The molecule has 0 aliphatic carbocycles. The zero-order chi connectivity index (χ0) is 32.6. The van der Waals surface area contributed by atoms with Crippen LogP contribution < -0.4 is 38.9 Å². The minimum atomic E-state index is -1.14. The van der Waals surface area contributed by atoms with E-state index in [0.717, 1.165) is 5.56 Å². The third-order valence-corrected chi connectivity index (χ3v) is 6.47. The number of carbonyl (C=O) groups excluding carboxylic acids is 3. The van der Waals surface area contributed by atoms with E-state index in [1.54, 1.807) is 42.5 Å². The average Bonchev–Trinajstić information content (AvgIpc) is 2.97. The molecule has 2 rings (SSSR count). The summed E-state index contributed by atoms with van der Waals surface area (Å²) in [6.07, 6.45) is 0.559. The van der Waals surface area contributed by atoms with Gasteiger partial charge in [-0.25, -0.2) is 4.99 Å². The average molecular weight is 612 g/mol. The summed E-state index contributed by atoms with van der Waals surface area (Å²) in [5, 5.41) is 26.7. The third-order valence-electron chi connectivity index (χ3n) is 6.47. The van der Waals surface area contributed by atoms with Crippen molar-refractivity contribution in [3.63, 3.8) is 0 Å². The van der Waals surface area contributed by atoms with Crippen molar-refractivity contribution in [3.05, 3.63) is 65.7 Å². The van der Waals surface area contributed by atoms with Gasteiger partial charge in [0.05, 0.1) is 5.92 Å². The fourth-order valence-electron chi connectivity index (χ4n) is 4.07. The number of amides is 3. The Bertz CT molecular complexity index is 1310. The maximum Gasteiger partial charge on any atom is 0.308 e. The van der Waals surface area contributed by atoms with E-state index in [0.29, 0.717) is 12.0 Å². The lowest BCUT2D eigenvalue weighted by Crippen LogP contribution is -2.56. The van der Waals surface area contributed by atoms with Crippen LogP contribution in [-0.4, -0.2) is 77.0 Å². The maximum absolute atomic E-state index is 13.6. The van der Waals surface area contributed by atoms with Crippen LogP contribution >= 0.6 is 0 Å². The van der Waals surface area contributed by atoms with Gasteiger partial charge in [-0.3, -0.25) is 24.2 Å². The van der Waals surface area contributed by atoms with Crippen LogP contribution in [0.1, 0.15) is 30.9 Å². The molecule has 0 saturated carbocycles. The number of hydrogen-bond donors (Lipinski definition) is 9. The lowest BCUT2D eigenvalue weighted by Gasteiger charge is -2.25. The number of aromatic hydroxyl groups is 1. The number of carboxylic acid groups (broad SMARTS) is 1. The monoisotopic (exact) mass is 611 g/mol. The molecular formula is C29H41N9O6.